The van der Waals surface area contributed by atoms with Gasteiger partial charge in [-0.25, -0.2) is 0 Å². The van der Waals surface area contributed by atoms with Crippen LogP contribution in [-0.4, -0.2) is 30.1 Å². The highest BCUT2D eigenvalue weighted by Gasteiger charge is 2.39. The van der Waals surface area contributed by atoms with Crippen molar-refractivity contribution >= 4 is 39.7 Å². The SMILES string of the molecule is Br.Br.Cc1c(C)c2c(c(C)c1N)CC(C)(CN1CCC(c3ccccc3)CC1)O2. The molecule has 0 aromatic heterocycles. The summed E-state index contributed by atoms with van der Waals surface area (Å²) in [6, 6.07) is 11.0. The Morgan fingerprint density at radius 2 is 1.62 bits per heavy atom. The lowest BCUT2D eigenvalue weighted by molar-refractivity contribution is 0.0523. The largest absolute Gasteiger partial charge is 0.485 e. The minimum Gasteiger partial charge on any atom is -0.485 e. The molecule has 1 atom stereocenters. The van der Waals surface area contributed by atoms with Crippen LogP contribution >= 0.6 is 34.0 Å². The van der Waals surface area contributed by atoms with Gasteiger partial charge in [0.1, 0.15) is 11.4 Å². The van der Waals surface area contributed by atoms with Gasteiger partial charge < -0.3 is 10.5 Å². The van der Waals surface area contributed by atoms with E-state index >= 15 is 0 Å². The predicted octanol–water partition coefficient (Wildman–Crippen LogP) is 5.92. The number of fused-ring (bicyclic) bond motifs is 1. The summed E-state index contributed by atoms with van der Waals surface area (Å²) >= 11 is 0. The molecule has 2 N–H and O–H groups in total. The normalized spacial score (nSPS) is 21.7. The Kier molecular flexibility index (Phi) is 7.86. The number of hydrogen-bond acceptors (Lipinski definition) is 3. The van der Waals surface area contributed by atoms with Gasteiger partial charge in [-0.05, 0) is 81.8 Å². The Bertz CT molecular complexity index is 809. The first kappa shape index (κ1) is 24.2. The molecule has 2 aliphatic heterocycles. The minimum absolute atomic E-state index is 0. The summed E-state index contributed by atoms with van der Waals surface area (Å²) in [6.07, 6.45) is 3.42. The Morgan fingerprint density at radius 3 is 2.24 bits per heavy atom. The molecule has 5 heteroatoms. The number of anilines is 1. The van der Waals surface area contributed by atoms with E-state index in [0.717, 1.165) is 37.5 Å². The van der Waals surface area contributed by atoms with E-state index in [9.17, 15) is 0 Å². The first-order chi connectivity index (χ1) is 12.9. The molecule has 0 amide bonds. The van der Waals surface area contributed by atoms with Crippen molar-refractivity contribution in [3.63, 3.8) is 0 Å². The number of nitrogens with two attached hydrogens (primary N) is 1. The van der Waals surface area contributed by atoms with Crippen molar-refractivity contribution in [1.82, 2.24) is 4.90 Å². The molecule has 1 saturated heterocycles. The molecule has 1 fully saturated rings. The van der Waals surface area contributed by atoms with Crippen LogP contribution in [0.15, 0.2) is 30.3 Å². The predicted molar refractivity (Wildman–Crippen MR) is 133 cm³/mol. The highest BCUT2D eigenvalue weighted by Crippen LogP contribution is 2.44. The second kappa shape index (κ2) is 9.40. The summed E-state index contributed by atoms with van der Waals surface area (Å²) in [5, 5.41) is 0. The van der Waals surface area contributed by atoms with E-state index in [1.165, 1.54) is 40.7 Å². The van der Waals surface area contributed by atoms with Crippen LogP contribution in [0.1, 0.15) is 53.5 Å². The van der Waals surface area contributed by atoms with E-state index in [0.29, 0.717) is 5.92 Å². The lowest BCUT2D eigenvalue weighted by atomic mass is 9.88. The van der Waals surface area contributed by atoms with Crippen molar-refractivity contribution in [3.05, 3.63) is 58.1 Å². The molecule has 3 nitrogen and oxygen atoms in total. The Hall–Kier alpha value is -1.04. The van der Waals surface area contributed by atoms with Crippen molar-refractivity contribution < 1.29 is 4.74 Å². The van der Waals surface area contributed by atoms with E-state index in [2.05, 4.69) is 62.9 Å². The molecular formula is C24H34Br2N2O. The summed E-state index contributed by atoms with van der Waals surface area (Å²) in [5.74, 6) is 1.78. The molecule has 0 bridgehead atoms. The lowest BCUT2D eigenvalue weighted by Crippen LogP contribution is -2.47. The van der Waals surface area contributed by atoms with Gasteiger partial charge in [0.05, 0.1) is 0 Å². The highest BCUT2D eigenvalue weighted by atomic mass is 79.9. The minimum atomic E-state index is -0.155. The van der Waals surface area contributed by atoms with Gasteiger partial charge in [-0.1, -0.05) is 30.3 Å². The number of nitrogen functional groups attached to an aromatic ring is 1. The molecule has 2 aromatic carbocycles. The second-order valence-corrected chi connectivity index (χ2v) is 8.79. The maximum atomic E-state index is 6.56. The first-order valence-corrected chi connectivity index (χ1v) is 10.2. The molecule has 0 spiro atoms. The van der Waals surface area contributed by atoms with Crippen LogP contribution in [0.4, 0.5) is 5.69 Å². The van der Waals surface area contributed by atoms with E-state index in [4.69, 9.17) is 10.5 Å². The maximum Gasteiger partial charge on any atom is 0.127 e. The Balaban J connectivity index is 0.00000150. The van der Waals surface area contributed by atoms with Gasteiger partial charge in [0.25, 0.3) is 0 Å². The monoisotopic (exact) mass is 524 g/mol. The fraction of sp³-hybridized carbons (Fsp3) is 0.500. The standard InChI is InChI=1S/C24H32N2O.2BrH/c1-16-17(2)23-21(18(3)22(16)25)14-24(4,27-23)15-26-12-10-20(11-13-26)19-8-6-5-7-9-19;;/h5-9,20H,10-15,25H2,1-4H3;2*1H. The van der Waals surface area contributed by atoms with E-state index in [1.807, 2.05) is 0 Å². The molecule has 160 valence electrons. The summed E-state index contributed by atoms with van der Waals surface area (Å²) in [4.78, 5) is 2.59. The van der Waals surface area contributed by atoms with Gasteiger partial charge in [-0.15, -0.1) is 34.0 Å². The Morgan fingerprint density at radius 1 is 1.00 bits per heavy atom. The van der Waals surface area contributed by atoms with E-state index in [-0.39, 0.29) is 39.6 Å². The summed E-state index contributed by atoms with van der Waals surface area (Å²) in [6.45, 7) is 11.9. The second-order valence-electron chi connectivity index (χ2n) is 8.79. The third kappa shape index (κ3) is 4.67. The average molecular weight is 526 g/mol. The zero-order valence-corrected chi connectivity index (χ0v) is 21.4. The number of ether oxygens (including phenoxy) is 1. The number of benzene rings is 2. The van der Waals surface area contributed by atoms with Crippen LogP contribution in [0.2, 0.25) is 0 Å². The zero-order chi connectivity index (χ0) is 19.2. The molecule has 2 heterocycles. The van der Waals surface area contributed by atoms with Crippen LogP contribution in [0.3, 0.4) is 0 Å². The van der Waals surface area contributed by atoms with Crippen LogP contribution in [0, 0.1) is 20.8 Å². The molecule has 2 aromatic rings. The van der Waals surface area contributed by atoms with Gasteiger partial charge in [0.2, 0.25) is 0 Å². The van der Waals surface area contributed by atoms with Gasteiger partial charge in [0, 0.05) is 24.2 Å². The molecule has 4 rings (SSSR count). The number of likely N-dealkylation sites (tertiary alicyclic amines) is 1. The number of rotatable bonds is 3. The van der Waals surface area contributed by atoms with Gasteiger partial charge in [0.15, 0.2) is 0 Å². The fourth-order valence-electron chi connectivity index (χ4n) is 4.93. The molecule has 0 radical (unpaired) electrons. The van der Waals surface area contributed by atoms with Gasteiger partial charge in [-0.2, -0.15) is 0 Å². The molecule has 1 unspecified atom stereocenters. The van der Waals surface area contributed by atoms with Crippen molar-refractivity contribution in [3.8, 4) is 5.75 Å². The number of nitrogens with zero attached hydrogens (tertiary/aromatic N) is 1. The molecule has 0 saturated carbocycles. The van der Waals surface area contributed by atoms with E-state index < -0.39 is 0 Å². The summed E-state index contributed by atoms with van der Waals surface area (Å²) < 4.78 is 6.56. The van der Waals surface area contributed by atoms with Crippen LogP contribution in [-0.2, 0) is 6.42 Å². The van der Waals surface area contributed by atoms with Crippen LogP contribution < -0.4 is 10.5 Å². The fourth-order valence-corrected chi connectivity index (χ4v) is 4.93. The highest BCUT2D eigenvalue weighted by molar-refractivity contribution is 8.93. The number of halogens is 2. The summed E-state index contributed by atoms with van der Waals surface area (Å²) in [7, 11) is 0. The van der Waals surface area contributed by atoms with Crippen molar-refractivity contribution in [2.45, 2.75) is 58.5 Å². The average Bonchev–Trinajstić information content (AvgIpc) is 3.03. The third-order valence-electron chi connectivity index (χ3n) is 6.75. The molecule has 29 heavy (non-hydrogen) atoms. The summed E-state index contributed by atoms with van der Waals surface area (Å²) in [5.41, 5.74) is 13.5. The molecule has 2 aliphatic rings. The number of hydrogen-bond donors (Lipinski definition) is 1. The van der Waals surface area contributed by atoms with Crippen LogP contribution in [0.5, 0.6) is 5.75 Å². The van der Waals surface area contributed by atoms with Gasteiger partial charge >= 0.3 is 0 Å². The van der Waals surface area contributed by atoms with Crippen molar-refractivity contribution in [2.75, 3.05) is 25.4 Å². The zero-order valence-electron chi connectivity index (χ0n) is 18.0. The van der Waals surface area contributed by atoms with Crippen molar-refractivity contribution in [2.24, 2.45) is 0 Å². The van der Waals surface area contributed by atoms with Crippen molar-refractivity contribution in [1.29, 1.82) is 0 Å². The molecular weight excluding hydrogens is 492 g/mol. The molecule has 0 aliphatic carbocycles. The number of piperidine rings is 1. The maximum absolute atomic E-state index is 6.56. The topological polar surface area (TPSA) is 38.5 Å². The van der Waals surface area contributed by atoms with Crippen LogP contribution in [0.25, 0.3) is 0 Å². The van der Waals surface area contributed by atoms with E-state index in [1.54, 1.807) is 0 Å². The Labute approximate surface area is 196 Å². The smallest absolute Gasteiger partial charge is 0.127 e. The van der Waals surface area contributed by atoms with Gasteiger partial charge in [-0.3, -0.25) is 4.90 Å². The third-order valence-corrected chi connectivity index (χ3v) is 6.75. The quantitative estimate of drug-likeness (QED) is 0.505. The first-order valence-electron chi connectivity index (χ1n) is 10.2. The lowest BCUT2D eigenvalue weighted by Gasteiger charge is -2.37.